The Morgan fingerprint density at radius 2 is 1.74 bits per heavy atom. The van der Waals surface area contributed by atoms with Crippen LogP contribution in [0, 0.1) is 0 Å². The van der Waals surface area contributed by atoms with Crippen LogP contribution in [-0.4, -0.2) is 24.4 Å². The molecule has 7 heteroatoms. The summed E-state index contributed by atoms with van der Waals surface area (Å²) in [6, 6.07) is 11.5. The predicted molar refractivity (Wildman–Crippen MR) is 105 cm³/mol. The fourth-order valence-corrected chi connectivity index (χ4v) is 2.98. The number of urea groups is 1. The lowest BCUT2D eigenvalue weighted by Crippen LogP contribution is -2.39. The number of benzene rings is 2. The zero-order valence-corrected chi connectivity index (χ0v) is 14.7. The minimum atomic E-state index is -0.503. The third kappa shape index (κ3) is 4.14. The van der Waals surface area contributed by atoms with E-state index in [-0.39, 0.29) is 11.8 Å². The van der Waals surface area contributed by atoms with Gasteiger partial charge in [0.1, 0.15) is 0 Å². The number of rotatable bonds is 4. The number of nitrogens with one attached hydrogen (secondary N) is 2. The lowest BCUT2D eigenvalue weighted by Gasteiger charge is -2.28. The number of nitrogens with two attached hydrogens (primary N) is 1. The van der Waals surface area contributed by atoms with E-state index >= 15 is 0 Å². The maximum atomic E-state index is 12.5. The molecule has 0 fully saturated rings. The van der Waals surface area contributed by atoms with Crippen LogP contribution in [0.25, 0.3) is 0 Å². The molecule has 1 aliphatic rings. The topological polar surface area (TPSA) is 105 Å². The third-order valence-electron chi connectivity index (χ3n) is 4.33. The standard InChI is InChI=1S/C20H20N4O3/c1-2-18(25)22-15-8-6-14(7-9-15)19(26)23-16-10-5-13-4-3-11-24(20(21)27)17(13)12-16/h2,5-10,12H,1,3-4,11H2,(H2,21,27)(H,22,25)(H,23,26). The van der Waals surface area contributed by atoms with Gasteiger partial charge in [-0.1, -0.05) is 12.6 Å². The second-order valence-corrected chi connectivity index (χ2v) is 6.16. The fourth-order valence-electron chi connectivity index (χ4n) is 2.98. The van der Waals surface area contributed by atoms with Gasteiger partial charge >= 0.3 is 6.03 Å². The number of carbonyl (C=O) groups is 3. The highest BCUT2D eigenvalue weighted by Gasteiger charge is 2.21. The molecule has 0 bridgehead atoms. The molecule has 0 saturated heterocycles. The predicted octanol–water partition coefficient (Wildman–Crippen LogP) is 2.89. The molecule has 1 aliphatic heterocycles. The van der Waals surface area contributed by atoms with Crippen LogP contribution < -0.4 is 21.3 Å². The summed E-state index contributed by atoms with van der Waals surface area (Å²) in [7, 11) is 0. The first-order valence-corrected chi connectivity index (χ1v) is 8.52. The third-order valence-corrected chi connectivity index (χ3v) is 4.33. The maximum Gasteiger partial charge on any atom is 0.319 e. The molecule has 0 atom stereocenters. The Balaban J connectivity index is 1.74. The number of anilines is 3. The molecular weight excluding hydrogens is 344 g/mol. The minimum absolute atomic E-state index is 0.294. The molecule has 7 nitrogen and oxygen atoms in total. The molecule has 2 aromatic rings. The molecule has 27 heavy (non-hydrogen) atoms. The quantitative estimate of drug-likeness (QED) is 0.727. The lowest BCUT2D eigenvalue weighted by atomic mass is 10.0. The van der Waals surface area contributed by atoms with Gasteiger partial charge in [-0.05, 0) is 60.9 Å². The number of primary amides is 1. The maximum absolute atomic E-state index is 12.5. The van der Waals surface area contributed by atoms with Crippen LogP contribution in [0.4, 0.5) is 21.9 Å². The van der Waals surface area contributed by atoms with Crippen LogP contribution >= 0.6 is 0 Å². The number of fused-ring (bicyclic) bond motifs is 1. The van der Waals surface area contributed by atoms with Crippen molar-refractivity contribution >= 4 is 34.9 Å². The monoisotopic (exact) mass is 364 g/mol. The molecule has 0 radical (unpaired) electrons. The van der Waals surface area contributed by atoms with Crippen molar-refractivity contribution in [2.45, 2.75) is 12.8 Å². The van der Waals surface area contributed by atoms with Gasteiger partial charge in [-0.3, -0.25) is 14.5 Å². The molecule has 0 aromatic heterocycles. The number of hydrogen-bond acceptors (Lipinski definition) is 3. The molecule has 4 N–H and O–H groups in total. The van der Waals surface area contributed by atoms with Crippen LogP contribution in [0.15, 0.2) is 55.1 Å². The van der Waals surface area contributed by atoms with Gasteiger partial charge in [-0.15, -0.1) is 0 Å². The van der Waals surface area contributed by atoms with Gasteiger partial charge in [0.05, 0.1) is 5.69 Å². The van der Waals surface area contributed by atoms with E-state index in [1.807, 2.05) is 6.07 Å². The van der Waals surface area contributed by atoms with Crippen molar-refractivity contribution in [3.63, 3.8) is 0 Å². The Hall–Kier alpha value is -3.61. The first-order chi connectivity index (χ1) is 13.0. The van der Waals surface area contributed by atoms with Crippen LogP contribution in [0.5, 0.6) is 0 Å². The number of nitrogens with zero attached hydrogens (tertiary/aromatic N) is 1. The van der Waals surface area contributed by atoms with Gasteiger partial charge in [0.2, 0.25) is 5.91 Å². The number of aryl methyl sites for hydroxylation is 1. The molecule has 0 saturated carbocycles. The van der Waals surface area contributed by atoms with Gasteiger partial charge in [0.15, 0.2) is 0 Å². The van der Waals surface area contributed by atoms with E-state index in [2.05, 4.69) is 17.2 Å². The molecule has 1 heterocycles. The van der Waals surface area contributed by atoms with Crippen molar-refractivity contribution < 1.29 is 14.4 Å². The average molecular weight is 364 g/mol. The number of hydrogen-bond donors (Lipinski definition) is 3. The summed E-state index contributed by atoms with van der Waals surface area (Å²) in [5, 5.41) is 5.44. The van der Waals surface area contributed by atoms with Crippen molar-refractivity contribution in [3.8, 4) is 0 Å². The van der Waals surface area contributed by atoms with E-state index in [0.717, 1.165) is 24.1 Å². The van der Waals surface area contributed by atoms with Gasteiger partial charge in [-0.25, -0.2) is 4.79 Å². The molecule has 0 unspecified atom stereocenters. The normalized spacial score (nSPS) is 12.7. The number of amides is 4. The van der Waals surface area contributed by atoms with Crippen LogP contribution in [0.1, 0.15) is 22.3 Å². The van der Waals surface area contributed by atoms with E-state index in [9.17, 15) is 14.4 Å². The summed E-state index contributed by atoms with van der Waals surface area (Å²) in [6.07, 6.45) is 2.90. The summed E-state index contributed by atoms with van der Waals surface area (Å²) >= 11 is 0. The van der Waals surface area contributed by atoms with Crippen molar-refractivity contribution in [1.82, 2.24) is 0 Å². The largest absolute Gasteiger partial charge is 0.351 e. The smallest absolute Gasteiger partial charge is 0.319 e. The summed E-state index contributed by atoms with van der Waals surface area (Å²) in [5.41, 5.74) is 8.80. The van der Waals surface area contributed by atoms with Gasteiger partial charge < -0.3 is 16.4 Å². The zero-order chi connectivity index (χ0) is 19.4. The molecule has 4 amide bonds. The van der Waals surface area contributed by atoms with E-state index in [1.165, 1.54) is 11.0 Å². The van der Waals surface area contributed by atoms with E-state index in [4.69, 9.17) is 5.73 Å². The average Bonchev–Trinajstić information content (AvgIpc) is 2.67. The van der Waals surface area contributed by atoms with Gasteiger partial charge in [0, 0.05) is 23.5 Å². The summed E-state index contributed by atoms with van der Waals surface area (Å²) in [6.45, 7) is 3.95. The number of carbonyl (C=O) groups excluding carboxylic acids is 3. The van der Waals surface area contributed by atoms with E-state index in [0.29, 0.717) is 23.5 Å². The minimum Gasteiger partial charge on any atom is -0.351 e. The highest BCUT2D eigenvalue weighted by Crippen LogP contribution is 2.30. The molecule has 138 valence electrons. The summed E-state index contributed by atoms with van der Waals surface area (Å²) in [4.78, 5) is 36.9. The zero-order valence-electron chi connectivity index (χ0n) is 14.7. The molecular formula is C20H20N4O3. The van der Waals surface area contributed by atoms with Gasteiger partial charge in [0.25, 0.3) is 5.91 Å². The van der Waals surface area contributed by atoms with E-state index < -0.39 is 6.03 Å². The highest BCUT2D eigenvalue weighted by molar-refractivity contribution is 6.05. The van der Waals surface area contributed by atoms with Crippen molar-refractivity contribution in [2.75, 3.05) is 22.1 Å². The van der Waals surface area contributed by atoms with Gasteiger partial charge in [-0.2, -0.15) is 0 Å². The van der Waals surface area contributed by atoms with E-state index in [1.54, 1.807) is 36.4 Å². The second kappa shape index (κ2) is 7.74. The summed E-state index contributed by atoms with van der Waals surface area (Å²) in [5.74, 6) is -0.613. The van der Waals surface area contributed by atoms with Crippen LogP contribution in [0.3, 0.4) is 0 Å². The molecule has 3 rings (SSSR count). The van der Waals surface area contributed by atoms with Crippen molar-refractivity contribution in [1.29, 1.82) is 0 Å². The highest BCUT2D eigenvalue weighted by atomic mass is 16.2. The Morgan fingerprint density at radius 1 is 1.04 bits per heavy atom. The second-order valence-electron chi connectivity index (χ2n) is 6.16. The lowest BCUT2D eigenvalue weighted by molar-refractivity contribution is -0.111. The molecule has 0 aliphatic carbocycles. The Labute approximate surface area is 156 Å². The summed E-state index contributed by atoms with van der Waals surface area (Å²) < 4.78 is 0. The molecule has 0 spiro atoms. The van der Waals surface area contributed by atoms with Crippen LogP contribution in [0.2, 0.25) is 0 Å². The first-order valence-electron chi connectivity index (χ1n) is 8.52. The fraction of sp³-hybridized carbons (Fsp3) is 0.150. The van der Waals surface area contributed by atoms with Crippen molar-refractivity contribution in [3.05, 3.63) is 66.2 Å². The Kier molecular flexibility index (Phi) is 5.21. The Bertz CT molecular complexity index is 906. The molecule has 2 aromatic carbocycles. The SMILES string of the molecule is C=CC(=O)Nc1ccc(C(=O)Nc2ccc3c(c2)N(C(N)=O)CCC3)cc1. The Morgan fingerprint density at radius 3 is 2.41 bits per heavy atom. The van der Waals surface area contributed by atoms with Crippen LogP contribution in [-0.2, 0) is 11.2 Å². The first kappa shape index (κ1) is 18.2. The van der Waals surface area contributed by atoms with Crippen molar-refractivity contribution in [2.24, 2.45) is 5.73 Å².